The molecular formula is C16H28N4. The molecule has 2 rings (SSSR count). The predicted octanol–water partition coefficient (Wildman–Crippen LogP) is 3.42. The fourth-order valence-electron chi connectivity index (χ4n) is 3.09. The molecule has 1 aliphatic heterocycles. The van der Waals surface area contributed by atoms with Crippen LogP contribution in [0.3, 0.4) is 0 Å². The summed E-state index contributed by atoms with van der Waals surface area (Å²) in [5.41, 5.74) is 5.93. The molecule has 20 heavy (non-hydrogen) atoms. The van der Waals surface area contributed by atoms with Crippen molar-refractivity contribution in [1.29, 1.82) is 0 Å². The van der Waals surface area contributed by atoms with Crippen molar-refractivity contribution in [3.63, 3.8) is 0 Å². The molecule has 0 radical (unpaired) electrons. The van der Waals surface area contributed by atoms with E-state index in [2.05, 4.69) is 23.7 Å². The van der Waals surface area contributed by atoms with Crippen LogP contribution < -0.4 is 10.6 Å². The molecule has 4 nitrogen and oxygen atoms in total. The summed E-state index contributed by atoms with van der Waals surface area (Å²) in [4.78, 5) is 11.4. The molecule has 0 saturated carbocycles. The van der Waals surface area contributed by atoms with Crippen LogP contribution >= 0.6 is 0 Å². The number of nitrogen functional groups attached to an aromatic ring is 1. The van der Waals surface area contributed by atoms with E-state index in [0.717, 1.165) is 43.5 Å². The lowest BCUT2D eigenvalue weighted by molar-refractivity contribution is 0.435. The zero-order valence-electron chi connectivity index (χ0n) is 12.9. The van der Waals surface area contributed by atoms with Gasteiger partial charge in [-0.25, -0.2) is 9.97 Å². The van der Waals surface area contributed by atoms with Gasteiger partial charge in [-0.05, 0) is 31.6 Å². The van der Waals surface area contributed by atoms with E-state index in [9.17, 15) is 0 Å². The molecule has 2 heterocycles. The molecule has 0 amide bonds. The normalized spacial score (nSPS) is 19.9. The highest BCUT2D eigenvalue weighted by atomic mass is 15.2. The van der Waals surface area contributed by atoms with Crippen LogP contribution in [0.25, 0.3) is 0 Å². The minimum atomic E-state index is 0.604. The van der Waals surface area contributed by atoms with Gasteiger partial charge in [-0.1, -0.05) is 26.7 Å². The summed E-state index contributed by atoms with van der Waals surface area (Å²) in [6.07, 6.45) is 8.52. The Kier molecular flexibility index (Phi) is 5.62. The maximum atomic E-state index is 5.93. The lowest BCUT2D eigenvalue weighted by atomic mass is 9.96. The maximum Gasteiger partial charge on any atom is 0.134 e. The highest BCUT2D eigenvalue weighted by Gasteiger charge is 2.18. The topological polar surface area (TPSA) is 55.0 Å². The second kappa shape index (κ2) is 7.46. The number of aromatic nitrogens is 2. The lowest BCUT2D eigenvalue weighted by Gasteiger charge is -2.22. The monoisotopic (exact) mass is 276 g/mol. The van der Waals surface area contributed by atoms with Crippen molar-refractivity contribution in [2.75, 3.05) is 23.7 Å². The molecule has 1 saturated heterocycles. The minimum absolute atomic E-state index is 0.604. The Morgan fingerprint density at radius 1 is 1.20 bits per heavy atom. The zero-order chi connectivity index (χ0) is 14.4. The van der Waals surface area contributed by atoms with Crippen molar-refractivity contribution in [3.05, 3.63) is 11.9 Å². The number of hydrogen-bond acceptors (Lipinski definition) is 4. The molecule has 1 atom stereocenters. The molecule has 4 heteroatoms. The van der Waals surface area contributed by atoms with Gasteiger partial charge >= 0.3 is 0 Å². The summed E-state index contributed by atoms with van der Waals surface area (Å²) in [7, 11) is 0. The average Bonchev–Trinajstić information content (AvgIpc) is 2.65. The van der Waals surface area contributed by atoms with Gasteiger partial charge in [-0.15, -0.1) is 0 Å². The summed E-state index contributed by atoms with van der Waals surface area (Å²) < 4.78 is 0. The van der Waals surface area contributed by atoms with Crippen LogP contribution in [0.4, 0.5) is 11.6 Å². The highest BCUT2D eigenvalue weighted by molar-refractivity contribution is 5.47. The standard InChI is InChI=1S/C16H28N4/c1-3-6-13-8-5-10-20(11-9-13)16-12-14(17)18-15(19-16)7-4-2/h12-13H,3-11H2,1-2H3,(H2,17,18,19). The van der Waals surface area contributed by atoms with Crippen LogP contribution in [0, 0.1) is 5.92 Å². The summed E-state index contributed by atoms with van der Waals surface area (Å²) in [5.74, 6) is 3.40. The third-order valence-corrected chi connectivity index (χ3v) is 4.12. The fraction of sp³-hybridized carbons (Fsp3) is 0.750. The smallest absolute Gasteiger partial charge is 0.134 e. The van der Waals surface area contributed by atoms with Crippen molar-refractivity contribution >= 4 is 11.6 Å². The number of hydrogen-bond donors (Lipinski definition) is 1. The Morgan fingerprint density at radius 2 is 2.05 bits per heavy atom. The van der Waals surface area contributed by atoms with Crippen LogP contribution in [0.5, 0.6) is 0 Å². The van der Waals surface area contributed by atoms with Crippen molar-refractivity contribution in [3.8, 4) is 0 Å². The maximum absolute atomic E-state index is 5.93. The minimum Gasteiger partial charge on any atom is -0.384 e. The van der Waals surface area contributed by atoms with Gasteiger partial charge in [0.25, 0.3) is 0 Å². The SMILES string of the molecule is CCCc1nc(N)cc(N2CCCC(CCC)CC2)n1. The molecule has 1 aromatic rings. The first-order valence-electron chi connectivity index (χ1n) is 8.11. The second-order valence-electron chi connectivity index (χ2n) is 5.89. The van der Waals surface area contributed by atoms with Crippen molar-refractivity contribution in [2.45, 2.75) is 58.8 Å². The largest absolute Gasteiger partial charge is 0.384 e. The molecule has 1 unspecified atom stereocenters. The van der Waals surface area contributed by atoms with Crippen molar-refractivity contribution in [1.82, 2.24) is 9.97 Å². The summed E-state index contributed by atoms with van der Waals surface area (Å²) >= 11 is 0. The van der Waals surface area contributed by atoms with Gasteiger partial charge in [0.05, 0.1) is 0 Å². The Morgan fingerprint density at radius 3 is 2.80 bits per heavy atom. The van der Waals surface area contributed by atoms with Crippen LogP contribution in [0.1, 0.15) is 58.2 Å². The van der Waals surface area contributed by atoms with E-state index in [1.165, 1.54) is 32.1 Å². The Labute approximate surface area is 122 Å². The molecule has 0 bridgehead atoms. The van der Waals surface area contributed by atoms with Gasteiger partial charge in [0, 0.05) is 25.6 Å². The molecule has 0 aliphatic carbocycles. The molecule has 0 spiro atoms. The van der Waals surface area contributed by atoms with Crippen molar-refractivity contribution < 1.29 is 0 Å². The van der Waals surface area contributed by atoms with Gasteiger partial charge in [-0.2, -0.15) is 0 Å². The van der Waals surface area contributed by atoms with Crippen LogP contribution in [0.15, 0.2) is 6.07 Å². The summed E-state index contributed by atoms with van der Waals surface area (Å²) in [6, 6.07) is 1.93. The molecule has 2 N–H and O–H groups in total. The van der Waals surface area contributed by atoms with Gasteiger partial charge in [0.1, 0.15) is 17.5 Å². The van der Waals surface area contributed by atoms with Gasteiger partial charge in [0.2, 0.25) is 0 Å². The van der Waals surface area contributed by atoms with Crippen LogP contribution in [0.2, 0.25) is 0 Å². The number of nitrogens with two attached hydrogens (primary N) is 1. The third kappa shape index (κ3) is 4.09. The molecule has 1 aliphatic rings. The third-order valence-electron chi connectivity index (χ3n) is 4.12. The number of rotatable bonds is 5. The lowest BCUT2D eigenvalue weighted by Crippen LogP contribution is -2.26. The number of nitrogens with zero attached hydrogens (tertiary/aromatic N) is 3. The quantitative estimate of drug-likeness (QED) is 0.895. The van der Waals surface area contributed by atoms with Crippen LogP contribution in [-0.4, -0.2) is 23.1 Å². The van der Waals surface area contributed by atoms with Crippen LogP contribution in [-0.2, 0) is 6.42 Å². The molecule has 1 aromatic heterocycles. The van der Waals surface area contributed by atoms with Gasteiger partial charge < -0.3 is 10.6 Å². The summed E-state index contributed by atoms with van der Waals surface area (Å²) in [6.45, 7) is 6.63. The first-order chi connectivity index (χ1) is 9.72. The second-order valence-corrected chi connectivity index (χ2v) is 5.89. The zero-order valence-corrected chi connectivity index (χ0v) is 12.9. The van der Waals surface area contributed by atoms with E-state index in [0.29, 0.717) is 5.82 Å². The summed E-state index contributed by atoms with van der Waals surface area (Å²) in [5, 5.41) is 0. The molecular weight excluding hydrogens is 248 g/mol. The molecule has 0 aromatic carbocycles. The molecule has 112 valence electrons. The Bertz CT molecular complexity index is 419. The number of anilines is 2. The first-order valence-corrected chi connectivity index (χ1v) is 8.11. The highest BCUT2D eigenvalue weighted by Crippen LogP contribution is 2.25. The van der Waals surface area contributed by atoms with E-state index in [1.807, 2.05) is 6.07 Å². The Hall–Kier alpha value is -1.32. The molecule has 1 fully saturated rings. The van der Waals surface area contributed by atoms with Gasteiger partial charge in [-0.3, -0.25) is 0 Å². The van der Waals surface area contributed by atoms with E-state index in [-0.39, 0.29) is 0 Å². The Balaban J connectivity index is 2.07. The predicted molar refractivity (Wildman–Crippen MR) is 84.9 cm³/mol. The van der Waals surface area contributed by atoms with Gasteiger partial charge in [0.15, 0.2) is 0 Å². The average molecular weight is 276 g/mol. The first kappa shape index (κ1) is 15.1. The fourth-order valence-corrected chi connectivity index (χ4v) is 3.09. The van der Waals surface area contributed by atoms with E-state index >= 15 is 0 Å². The van der Waals surface area contributed by atoms with E-state index in [4.69, 9.17) is 10.7 Å². The van der Waals surface area contributed by atoms with Crippen molar-refractivity contribution in [2.24, 2.45) is 5.92 Å². The van der Waals surface area contributed by atoms with E-state index in [1.54, 1.807) is 0 Å². The van der Waals surface area contributed by atoms with E-state index < -0.39 is 0 Å². The number of aryl methyl sites for hydroxylation is 1.